The molecule has 0 N–H and O–H groups in total. The predicted octanol–water partition coefficient (Wildman–Crippen LogP) is 1.97. The summed E-state index contributed by atoms with van der Waals surface area (Å²) in [7, 11) is -0.599. The van der Waals surface area contributed by atoms with Gasteiger partial charge in [-0.1, -0.05) is 19.1 Å². The summed E-state index contributed by atoms with van der Waals surface area (Å²) < 4.78 is 30.0. The summed E-state index contributed by atoms with van der Waals surface area (Å²) in [5, 5.41) is 0. The number of hydrogen-bond donors (Lipinski definition) is 0. The first-order valence-electron chi connectivity index (χ1n) is 6.53. The number of rotatable bonds is 7. The SMILES string of the molecule is CCc1ccc(N(C)S(=O)(=O)CCCC(=O)OC)cc1. The number of esters is 1. The summed E-state index contributed by atoms with van der Waals surface area (Å²) >= 11 is 0. The van der Waals surface area contributed by atoms with E-state index in [1.807, 2.05) is 19.1 Å². The molecule has 0 atom stereocenters. The molecule has 5 nitrogen and oxygen atoms in total. The van der Waals surface area contributed by atoms with Crippen molar-refractivity contribution in [3.05, 3.63) is 29.8 Å². The maximum atomic E-state index is 12.1. The van der Waals surface area contributed by atoms with Gasteiger partial charge >= 0.3 is 5.97 Å². The number of ether oxygens (including phenoxy) is 1. The zero-order valence-corrected chi connectivity index (χ0v) is 12.9. The third-order valence-corrected chi connectivity index (χ3v) is 4.99. The summed E-state index contributed by atoms with van der Waals surface area (Å²) in [6, 6.07) is 7.40. The number of nitrogens with zero attached hydrogens (tertiary/aromatic N) is 1. The molecule has 0 radical (unpaired) electrons. The van der Waals surface area contributed by atoms with Gasteiger partial charge in [0, 0.05) is 13.5 Å². The summed E-state index contributed by atoms with van der Waals surface area (Å²) in [5.41, 5.74) is 1.78. The Bertz CT molecular complexity index is 537. The number of hydrogen-bond acceptors (Lipinski definition) is 4. The molecule has 0 aliphatic heterocycles. The van der Waals surface area contributed by atoms with Gasteiger partial charge in [-0.05, 0) is 30.5 Å². The van der Waals surface area contributed by atoms with Gasteiger partial charge in [-0.15, -0.1) is 0 Å². The quantitative estimate of drug-likeness (QED) is 0.722. The molecule has 0 amide bonds. The minimum absolute atomic E-state index is 0.0753. The van der Waals surface area contributed by atoms with Crippen LogP contribution in [0.2, 0.25) is 0 Å². The molecule has 0 unspecified atom stereocenters. The van der Waals surface area contributed by atoms with E-state index in [1.54, 1.807) is 12.1 Å². The number of aryl methyl sites for hydroxylation is 1. The Kier molecular flexibility index (Phi) is 6.01. The van der Waals surface area contributed by atoms with Gasteiger partial charge in [0.25, 0.3) is 0 Å². The van der Waals surface area contributed by atoms with Gasteiger partial charge in [-0.3, -0.25) is 9.10 Å². The van der Waals surface area contributed by atoms with Crippen LogP contribution in [0.3, 0.4) is 0 Å². The summed E-state index contributed by atoms with van der Waals surface area (Å²) in [5.74, 6) is -0.469. The van der Waals surface area contributed by atoms with E-state index in [1.165, 1.54) is 18.5 Å². The van der Waals surface area contributed by atoms with Crippen LogP contribution in [0.15, 0.2) is 24.3 Å². The molecule has 0 saturated carbocycles. The van der Waals surface area contributed by atoms with Gasteiger partial charge in [0.15, 0.2) is 0 Å². The summed E-state index contributed by atoms with van der Waals surface area (Å²) in [6.45, 7) is 2.04. The first kappa shape index (κ1) is 16.5. The van der Waals surface area contributed by atoms with Crippen LogP contribution < -0.4 is 4.31 Å². The van der Waals surface area contributed by atoms with Crippen molar-refractivity contribution in [1.82, 2.24) is 0 Å². The van der Waals surface area contributed by atoms with Crippen LogP contribution >= 0.6 is 0 Å². The van der Waals surface area contributed by atoms with Crippen molar-refractivity contribution in [2.75, 3.05) is 24.2 Å². The second kappa shape index (κ2) is 7.28. The first-order chi connectivity index (χ1) is 9.40. The van der Waals surface area contributed by atoms with E-state index in [2.05, 4.69) is 4.74 Å². The molecule has 0 fully saturated rings. The lowest BCUT2D eigenvalue weighted by atomic mass is 10.1. The fraction of sp³-hybridized carbons (Fsp3) is 0.500. The standard InChI is InChI=1S/C14H21NO4S/c1-4-12-7-9-13(10-8-12)15(2)20(17,18)11-5-6-14(16)19-3/h7-10H,4-6,11H2,1-3H3. The molecule has 6 heteroatoms. The van der Waals surface area contributed by atoms with Crippen LogP contribution in [0.1, 0.15) is 25.3 Å². The van der Waals surface area contributed by atoms with Crippen LogP contribution in [0.25, 0.3) is 0 Å². The third-order valence-electron chi connectivity index (χ3n) is 3.14. The van der Waals surface area contributed by atoms with E-state index < -0.39 is 16.0 Å². The highest BCUT2D eigenvalue weighted by molar-refractivity contribution is 7.92. The molecule has 0 spiro atoms. The number of benzene rings is 1. The van der Waals surface area contributed by atoms with Gasteiger partial charge in [-0.2, -0.15) is 0 Å². The van der Waals surface area contributed by atoms with Gasteiger partial charge in [0.2, 0.25) is 10.0 Å². The Balaban J connectivity index is 2.68. The van der Waals surface area contributed by atoms with Crippen LogP contribution in [-0.4, -0.2) is 34.3 Å². The molecule has 0 aliphatic carbocycles. The highest BCUT2D eigenvalue weighted by Gasteiger charge is 2.18. The summed E-state index contributed by atoms with van der Waals surface area (Å²) in [6.07, 6.45) is 1.28. The molecule has 0 aromatic heterocycles. The largest absolute Gasteiger partial charge is 0.469 e. The lowest BCUT2D eigenvalue weighted by molar-refractivity contribution is -0.140. The third kappa shape index (κ3) is 4.52. The van der Waals surface area contributed by atoms with Crippen molar-refractivity contribution in [2.45, 2.75) is 26.2 Å². The highest BCUT2D eigenvalue weighted by atomic mass is 32.2. The monoisotopic (exact) mass is 299 g/mol. The van der Waals surface area contributed by atoms with E-state index in [-0.39, 0.29) is 18.6 Å². The van der Waals surface area contributed by atoms with Crippen LogP contribution in [-0.2, 0) is 26.0 Å². The van der Waals surface area contributed by atoms with Crippen molar-refractivity contribution in [3.8, 4) is 0 Å². The van der Waals surface area contributed by atoms with Crippen LogP contribution in [0.4, 0.5) is 5.69 Å². The fourth-order valence-corrected chi connectivity index (χ4v) is 2.97. The molecule has 20 heavy (non-hydrogen) atoms. The molecule has 0 saturated heterocycles. The second-order valence-corrected chi connectivity index (χ2v) is 6.60. The van der Waals surface area contributed by atoms with Gasteiger partial charge < -0.3 is 4.74 Å². The van der Waals surface area contributed by atoms with E-state index in [0.717, 1.165) is 12.0 Å². The van der Waals surface area contributed by atoms with Crippen molar-refractivity contribution in [3.63, 3.8) is 0 Å². The molecule has 1 aromatic rings. The topological polar surface area (TPSA) is 63.7 Å². The number of carbonyl (C=O) groups excluding carboxylic acids is 1. The van der Waals surface area contributed by atoms with E-state index >= 15 is 0 Å². The zero-order chi connectivity index (χ0) is 15.2. The van der Waals surface area contributed by atoms with Crippen molar-refractivity contribution >= 4 is 21.7 Å². The number of methoxy groups -OCH3 is 1. The van der Waals surface area contributed by atoms with Gasteiger partial charge in [0.05, 0.1) is 18.6 Å². The molecular weight excluding hydrogens is 278 g/mol. The smallest absolute Gasteiger partial charge is 0.305 e. The molecule has 0 heterocycles. The van der Waals surface area contributed by atoms with Crippen LogP contribution in [0.5, 0.6) is 0 Å². The average molecular weight is 299 g/mol. The Morgan fingerprint density at radius 3 is 2.35 bits per heavy atom. The number of anilines is 1. The normalized spacial score (nSPS) is 11.2. The lowest BCUT2D eigenvalue weighted by Crippen LogP contribution is -2.29. The minimum Gasteiger partial charge on any atom is -0.469 e. The van der Waals surface area contributed by atoms with Gasteiger partial charge in [0.1, 0.15) is 0 Å². The first-order valence-corrected chi connectivity index (χ1v) is 8.14. The fourth-order valence-electron chi connectivity index (χ4n) is 1.74. The summed E-state index contributed by atoms with van der Waals surface area (Å²) in [4.78, 5) is 11.0. The van der Waals surface area contributed by atoms with Crippen molar-refractivity contribution in [1.29, 1.82) is 0 Å². The molecular formula is C14H21NO4S. The van der Waals surface area contributed by atoms with E-state index in [9.17, 15) is 13.2 Å². The Hall–Kier alpha value is -1.56. The van der Waals surface area contributed by atoms with Crippen LogP contribution in [0, 0.1) is 0 Å². The van der Waals surface area contributed by atoms with Crippen molar-refractivity contribution < 1.29 is 17.9 Å². The maximum absolute atomic E-state index is 12.1. The van der Waals surface area contributed by atoms with E-state index in [4.69, 9.17) is 0 Å². The number of carbonyl (C=O) groups is 1. The van der Waals surface area contributed by atoms with Crippen molar-refractivity contribution in [2.24, 2.45) is 0 Å². The molecule has 0 aliphatic rings. The van der Waals surface area contributed by atoms with Gasteiger partial charge in [-0.25, -0.2) is 8.42 Å². The lowest BCUT2D eigenvalue weighted by Gasteiger charge is -2.19. The zero-order valence-electron chi connectivity index (χ0n) is 12.1. The Morgan fingerprint density at radius 2 is 1.85 bits per heavy atom. The van der Waals surface area contributed by atoms with E-state index in [0.29, 0.717) is 5.69 Å². The maximum Gasteiger partial charge on any atom is 0.305 e. The Morgan fingerprint density at radius 1 is 1.25 bits per heavy atom. The Labute approximate surface area is 120 Å². The molecule has 1 rings (SSSR count). The highest BCUT2D eigenvalue weighted by Crippen LogP contribution is 2.18. The second-order valence-electron chi connectivity index (χ2n) is 4.48. The molecule has 0 bridgehead atoms. The predicted molar refractivity (Wildman–Crippen MR) is 79.3 cm³/mol. The minimum atomic E-state index is -3.41. The molecule has 1 aromatic carbocycles. The molecule has 112 valence electrons. The number of sulfonamides is 1. The average Bonchev–Trinajstić information content (AvgIpc) is 2.46.